The predicted octanol–water partition coefficient (Wildman–Crippen LogP) is 2.46. The molecule has 0 amide bonds. The topological polar surface area (TPSA) is 29.5 Å². The van der Waals surface area contributed by atoms with Crippen LogP contribution in [-0.2, 0) is 6.61 Å². The Morgan fingerprint density at radius 2 is 2.21 bits per heavy atom. The molecule has 1 aromatic carbocycles. The lowest BCUT2D eigenvalue weighted by Crippen LogP contribution is -1.97. The van der Waals surface area contributed by atoms with Gasteiger partial charge in [-0.2, -0.15) is 0 Å². The third-order valence-corrected chi connectivity index (χ3v) is 2.60. The highest BCUT2D eigenvalue weighted by Crippen LogP contribution is 2.41. The van der Waals surface area contributed by atoms with E-state index in [0.29, 0.717) is 6.61 Å². The minimum absolute atomic E-state index is 0.0654. The molecule has 1 aliphatic rings. The molecule has 0 atom stereocenters. The molecule has 0 saturated heterocycles. The van der Waals surface area contributed by atoms with E-state index in [2.05, 4.69) is 12.1 Å². The minimum atomic E-state index is 0.0654. The number of aliphatic hydroxyl groups is 1. The average molecular weight is 192 g/mol. The summed E-state index contributed by atoms with van der Waals surface area (Å²) in [7, 11) is 0. The molecule has 1 fully saturated rings. The normalized spacial score (nSPS) is 15.6. The van der Waals surface area contributed by atoms with Gasteiger partial charge in [0.2, 0.25) is 0 Å². The standard InChI is InChI=1S/C12H16O2/c1-2-14-12-6-5-10(9-3-4-9)7-11(12)8-13/h5-7,9,13H,2-4,8H2,1H3. The van der Waals surface area contributed by atoms with Crippen LogP contribution in [0.3, 0.4) is 0 Å². The summed E-state index contributed by atoms with van der Waals surface area (Å²) in [5.74, 6) is 1.55. The average Bonchev–Trinajstić information content (AvgIpc) is 3.02. The van der Waals surface area contributed by atoms with Gasteiger partial charge in [-0.15, -0.1) is 0 Å². The second-order valence-corrected chi connectivity index (χ2v) is 3.73. The Kier molecular flexibility index (Phi) is 2.73. The van der Waals surface area contributed by atoms with Gasteiger partial charge in [0.05, 0.1) is 13.2 Å². The fourth-order valence-corrected chi connectivity index (χ4v) is 1.69. The maximum atomic E-state index is 9.19. The molecule has 0 heterocycles. The van der Waals surface area contributed by atoms with Crippen LogP contribution in [0, 0.1) is 0 Å². The summed E-state index contributed by atoms with van der Waals surface area (Å²) in [5, 5.41) is 9.19. The zero-order chi connectivity index (χ0) is 9.97. The van der Waals surface area contributed by atoms with Crippen LogP contribution >= 0.6 is 0 Å². The van der Waals surface area contributed by atoms with Crippen molar-refractivity contribution < 1.29 is 9.84 Å². The molecule has 0 bridgehead atoms. The third kappa shape index (κ3) is 1.90. The van der Waals surface area contributed by atoms with Crippen molar-refractivity contribution in [1.82, 2.24) is 0 Å². The van der Waals surface area contributed by atoms with Gasteiger partial charge in [0.25, 0.3) is 0 Å². The molecule has 76 valence electrons. The summed E-state index contributed by atoms with van der Waals surface area (Å²) >= 11 is 0. The fraction of sp³-hybridized carbons (Fsp3) is 0.500. The van der Waals surface area contributed by atoms with Crippen molar-refractivity contribution in [3.63, 3.8) is 0 Å². The zero-order valence-electron chi connectivity index (χ0n) is 8.49. The van der Waals surface area contributed by atoms with Crippen LogP contribution in [0.2, 0.25) is 0 Å². The molecule has 0 unspecified atom stereocenters. The first kappa shape index (κ1) is 9.53. The van der Waals surface area contributed by atoms with Crippen LogP contribution in [0.5, 0.6) is 5.75 Å². The molecule has 1 saturated carbocycles. The van der Waals surface area contributed by atoms with Crippen LogP contribution in [0.25, 0.3) is 0 Å². The van der Waals surface area contributed by atoms with Gasteiger partial charge < -0.3 is 9.84 Å². The van der Waals surface area contributed by atoms with Gasteiger partial charge in [-0.1, -0.05) is 6.07 Å². The van der Waals surface area contributed by atoms with E-state index in [1.165, 1.54) is 18.4 Å². The van der Waals surface area contributed by atoms with E-state index in [1.807, 2.05) is 13.0 Å². The Hall–Kier alpha value is -1.02. The first-order valence-electron chi connectivity index (χ1n) is 5.21. The highest BCUT2D eigenvalue weighted by molar-refractivity contribution is 5.39. The van der Waals surface area contributed by atoms with E-state index in [0.717, 1.165) is 17.2 Å². The van der Waals surface area contributed by atoms with E-state index in [1.54, 1.807) is 0 Å². The summed E-state index contributed by atoms with van der Waals surface area (Å²) in [6, 6.07) is 6.16. The third-order valence-electron chi connectivity index (χ3n) is 2.60. The maximum absolute atomic E-state index is 9.19. The Bertz CT molecular complexity index is 316. The Balaban J connectivity index is 2.24. The summed E-state index contributed by atoms with van der Waals surface area (Å²) in [5.41, 5.74) is 2.26. The van der Waals surface area contributed by atoms with Crippen molar-refractivity contribution in [3.05, 3.63) is 29.3 Å². The van der Waals surface area contributed by atoms with E-state index in [9.17, 15) is 5.11 Å². The smallest absolute Gasteiger partial charge is 0.124 e. The minimum Gasteiger partial charge on any atom is -0.494 e. The van der Waals surface area contributed by atoms with Gasteiger partial charge in [0, 0.05) is 5.56 Å². The molecular formula is C12H16O2. The highest BCUT2D eigenvalue weighted by atomic mass is 16.5. The number of aliphatic hydroxyl groups excluding tert-OH is 1. The fourth-order valence-electron chi connectivity index (χ4n) is 1.69. The largest absolute Gasteiger partial charge is 0.494 e. The number of rotatable bonds is 4. The molecular weight excluding hydrogens is 176 g/mol. The molecule has 2 heteroatoms. The number of ether oxygens (including phenoxy) is 1. The van der Waals surface area contributed by atoms with Gasteiger partial charge in [-0.3, -0.25) is 0 Å². The van der Waals surface area contributed by atoms with Gasteiger partial charge in [0.15, 0.2) is 0 Å². The summed E-state index contributed by atoms with van der Waals surface area (Å²) in [6.07, 6.45) is 2.58. The van der Waals surface area contributed by atoms with E-state index < -0.39 is 0 Å². The van der Waals surface area contributed by atoms with Crippen molar-refractivity contribution in [2.45, 2.75) is 32.3 Å². The Morgan fingerprint density at radius 1 is 1.43 bits per heavy atom. The van der Waals surface area contributed by atoms with Crippen LogP contribution in [0.4, 0.5) is 0 Å². The first-order chi connectivity index (χ1) is 6.85. The van der Waals surface area contributed by atoms with E-state index in [4.69, 9.17) is 4.74 Å². The summed E-state index contributed by atoms with van der Waals surface area (Å²) < 4.78 is 5.42. The van der Waals surface area contributed by atoms with Gasteiger partial charge >= 0.3 is 0 Å². The predicted molar refractivity (Wildman–Crippen MR) is 55.5 cm³/mol. The van der Waals surface area contributed by atoms with Crippen molar-refractivity contribution in [1.29, 1.82) is 0 Å². The van der Waals surface area contributed by atoms with Crippen molar-refractivity contribution in [2.24, 2.45) is 0 Å². The molecule has 0 aromatic heterocycles. The second-order valence-electron chi connectivity index (χ2n) is 3.73. The van der Waals surface area contributed by atoms with Crippen molar-refractivity contribution in [3.8, 4) is 5.75 Å². The molecule has 2 rings (SSSR count). The Labute approximate surface area is 84.5 Å². The van der Waals surface area contributed by atoms with Crippen LogP contribution in [0.1, 0.15) is 36.8 Å². The summed E-state index contributed by atoms with van der Waals surface area (Å²) in [4.78, 5) is 0. The van der Waals surface area contributed by atoms with Gasteiger partial charge in [0.1, 0.15) is 5.75 Å². The SMILES string of the molecule is CCOc1ccc(C2CC2)cc1CO. The molecule has 14 heavy (non-hydrogen) atoms. The Morgan fingerprint density at radius 3 is 2.79 bits per heavy atom. The quantitative estimate of drug-likeness (QED) is 0.794. The lowest BCUT2D eigenvalue weighted by molar-refractivity contribution is 0.267. The second kappa shape index (κ2) is 4.01. The van der Waals surface area contributed by atoms with E-state index in [-0.39, 0.29) is 6.61 Å². The molecule has 1 N–H and O–H groups in total. The molecule has 1 aromatic rings. The molecule has 1 aliphatic carbocycles. The monoisotopic (exact) mass is 192 g/mol. The van der Waals surface area contributed by atoms with Crippen LogP contribution < -0.4 is 4.74 Å². The molecule has 0 spiro atoms. The molecule has 2 nitrogen and oxygen atoms in total. The van der Waals surface area contributed by atoms with Gasteiger partial charge in [-0.25, -0.2) is 0 Å². The first-order valence-corrected chi connectivity index (χ1v) is 5.21. The number of hydrogen-bond acceptors (Lipinski definition) is 2. The van der Waals surface area contributed by atoms with Crippen LogP contribution in [-0.4, -0.2) is 11.7 Å². The van der Waals surface area contributed by atoms with Crippen molar-refractivity contribution >= 4 is 0 Å². The summed E-state index contributed by atoms with van der Waals surface area (Å²) in [6.45, 7) is 2.67. The lowest BCUT2D eigenvalue weighted by atomic mass is 10.1. The highest BCUT2D eigenvalue weighted by Gasteiger charge is 2.24. The van der Waals surface area contributed by atoms with Crippen molar-refractivity contribution in [2.75, 3.05) is 6.61 Å². The van der Waals surface area contributed by atoms with Crippen LogP contribution in [0.15, 0.2) is 18.2 Å². The zero-order valence-corrected chi connectivity index (χ0v) is 8.49. The maximum Gasteiger partial charge on any atom is 0.124 e. The van der Waals surface area contributed by atoms with E-state index >= 15 is 0 Å². The number of hydrogen-bond donors (Lipinski definition) is 1. The van der Waals surface area contributed by atoms with Gasteiger partial charge in [-0.05, 0) is 43.4 Å². The molecule has 0 radical (unpaired) electrons. The number of benzene rings is 1. The lowest BCUT2D eigenvalue weighted by Gasteiger charge is -2.09. The molecule has 0 aliphatic heterocycles.